The van der Waals surface area contributed by atoms with Gasteiger partial charge in [-0.15, -0.1) is 0 Å². The molecule has 0 bridgehead atoms. The lowest BCUT2D eigenvalue weighted by Gasteiger charge is -2.05. The molecular weight excluding hydrogens is 404 g/mol. The predicted octanol–water partition coefficient (Wildman–Crippen LogP) is 4.06. The van der Waals surface area contributed by atoms with Crippen LogP contribution in [-0.4, -0.2) is 38.4 Å². The van der Waals surface area contributed by atoms with E-state index >= 15 is 0 Å². The Balaban J connectivity index is 1.76. The number of carbonyl (C=O) groups is 1. The minimum absolute atomic E-state index is 0.133. The molecule has 0 saturated heterocycles. The molecule has 0 aliphatic heterocycles. The molecule has 0 spiro atoms. The third kappa shape index (κ3) is 4.39. The third-order valence-corrected chi connectivity index (χ3v) is 5.21. The van der Waals surface area contributed by atoms with Gasteiger partial charge in [0, 0.05) is 6.54 Å². The molecule has 0 radical (unpaired) electrons. The molecule has 0 aliphatic rings. The van der Waals surface area contributed by atoms with E-state index in [1.807, 2.05) is 24.3 Å². The summed E-state index contributed by atoms with van der Waals surface area (Å²) in [5.41, 5.74) is 9.48. The lowest BCUT2D eigenvalue weighted by atomic mass is 10.2. The number of fused-ring (bicyclic) bond motifs is 2. The van der Waals surface area contributed by atoms with Crippen LogP contribution in [0.1, 0.15) is 48.5 Å². The summed E-state index contributed by atoms with van der Waals surface area (Å²) < 4.78 is 1.42. The highest BCUT2D eigenvalue weighted by Gasteiger charge is 2.23. The number of phenols is 1. The first-order valence-corrected chi connectivity index (χ1v) is 10.8. The Hall–Kier alpha value is -3.94. The van der Waals surface area contributed by atoms with Crippen molar-refractivity contribution in [3.05, 3.63) is 59.7 Å². The van der Waals surface area contributed by atoms with Crippen LogP contribution in [0.2, 0.25) is 0 Å². The summed E-state index contributed by atoms with van der Waals surface area (Å²) in [6, 6.07) is 14.1. The standard InChI is InChI=1S/C24H26N6O2/c1-2-3-4-7-13-26-24(32)20-21-23(29-19-12-6-5-11-18(19)28-21)30(22(20)25)27-15-16-9-8-10-17(31)14-16/h5-6,8-12,14-15,31H,2-4,7,13,25H2,1H3,(H,26,32)/b27-15+. The number of unbranched alkanes of at least 4 members (excludes halogenated alkanes) is 3. The minimum atomic E-state index is -0.292. The van der Waals surface area contributed by atoms with E-state index in [9.17, 15) is 9.90 Å². The molecular formula is C24H26N6O2. The van der Waals surface area contributed by atoms with Crippen molar-refractivity contribution < 1.29 is 9.90 Å². The van der Waals surface area contributed by atoms with Gasteiger partial charge in [-0.25, -0.2) is 9.97 Å². The van der Waals surface area contributed by atoms with Crippen LogP contribution in [0, 0.1) is 0 Å². The number of para-hydroxylation sites is 2. The van der Waals surface area contributed by atoms with Crippen LogP contribution < -0.4 is 11.1 Å². The van der Waals surface area contributed by atoms with E-state index in [4.69, 9.17) is 5.73 Å². The number of aromatic nitrogens is 3. The van der Waals surface area contributed by atoms with Crippen LogP contribution in [0.15, 0.2) is 53.6 Å². The SMILES string of the molecule is CCCCCCNC(=O)c1c(N)n(/N=C/c2cccc(O)c2)c2nc3ccccc3nc12. The maximum absolute atomic E-state index is 13.0. The fourth-order valence-corrected chi connectivity index (χ4v) is 3.56. The summed E-state index contributed by atoms with van der Waals surface area (Å²) in [5, 5.41) is 17.1. The lowest BCUT2D eigenvalue weighted by Crippen LogP contribution is -2.25. The first kappa shape index (κ1) is 21.3. The average molecular weight is 431 g/mol. The number of nitrogen functional groups attached to an aromatic ring is 1. The third-order valence-electron chi connectivity index (χ3n) is 5.21. The summed E-state index contributed by atoms with van der Waals surface area (Å²) >= 11 is 0. The molecule has 32 heavy (non-hydrogen) atoms. The molecule has 1 amide bonds. The number of phenolic OH excluding ortho intramolecular Hbond substituents is 1. The number of hydrogen-bond acceptors (Lipinski definition) is 6. The quantitative estimate of drug-likeness (QED) is 0.288. The number of aromatic hydroxyl groups is 1. The number of anilines is 1. The van der Waals surface area contributed by atoms with Crippen LogP contribution in [0.25, 0.3) is 22.2 Å². The average Bonchev–Trinajstić information content (AvgIpc) is 3.06. The molecule has 0 unspecified atom stereocenters. The van der Waals surface area contributed by atoms with Crippen molar-refractivity contribution in [2.75, 3.05) is 12.3 Å². The Morgan fingerprint density at radius 1 is 1.12 bits per heavy atom. The highest BCUT2D eigenvalue weighted by molar-refractivity contribution is 6.10. The van der Waals surface area contributed by atoms with Gasteiger partial charge in [0.25, 0.3) is 5.91 Å². The number of amides is 1. The first-order chi connectivity index (χ1) is 15.6. The van der Waals surface area contributed by atoms with Crippen molar-refractivity contribution in [3.8, 4) is 5.75 Å². The Morgan fingerprint density at radius 2 is 1.91 bits per heavy atom. The summed E-state index contributed by atoms with van der Waals surface area (Å²) in [6.07, 6.45) is 5.79. The second kappa shape index (κ2) is 9.47. The van der Waals surface area contributed by atoms with E-state index < -0.39 is 0 Å². The molecule has 2 heterocycles. The molecule has 0 atom stereocenters. The Morgan fingerprint density at radius 3 is 2.66 bits per heavy atom. The van der Waals surface area contributed by atoms with Gasteiger partial charge in [-0.05, 0) is 36.2 Å². The van der Waals surface area contributed by atoms with E-state index in [-0.39, 0.29) is 23.0 Å². The largest absolute Gasteiger partial charge is 0.508 e. The molecule has 8 heteroatoms. The Kier molecular flexibility index (Phi) is 6.30. The molecule has 4 aromatic rings. The molecule has 2 aromatic heterocycles. The van der Waals surface area contributed by atoms with Gasteiger partial charge in [-0.3, -0.25) is 4.79 Å². The molecule has 4 N–H and O–H groups in total. The number of nitrogens with two attached hydrogens (primary N) is 1. The van der Waals surface area contributed by atoms with Crippen LogP contribution in [0.5, 0.6) is 5.75 Å². The van der Waals surface area contributed by atoms with Crippen molar-refractivity contribution in [3.63, 3.8) is 0 Å². The van der Waals surface area contributed by atoms with Crippen molar-refractivity contribution in [1.82, 2.24) is 20.0 Å². The van der Waals surface area contributed by atoms with Crippen molar-refractivity contribution in [2.45, 2.75) is 32.6 Å². The highest BCUT2D eigenvalue weighted by Crippen LogP contribution is 2.28. The number of hydrogen-bond donors (Lipinski definition) is 3. The van der Waals surface area contributed by atoms with Gasteiger partial charge in [-0.2, -0.15) is 9.78 Å². The van der Waals surface area contributed by atoms with E-state index in [1.165, 1.54) is 4.68 Å². The highest BCUT2D eigenvalue weighted by atomic mass is 16.3. The van der Waals surface area contributed by atoms with Crippen LogP contribution in [0.4, 0.5) is 5.82 Å². The topological polar surface area (TPSA) is 118 Å². The maximum atomic E-state index is 13.0. The summed E-state index contributed by atoms with van der Waals surface area (Å²) in [6.45, 7) is 2.72. The van der Waals surface area contributed by atoms with E-state index in [0.29, 0.717) is 34.3 Å². The van der Waals surface area contributed by atoms with Gasteiger partial charge in [0.1, 0.15) is 22.6 Å². The van der Waals surface area contributed by atoms with E-state index in [1.54, 1.807) is 30.5 Å². The van der Waals surface area contributed by atoms with Crippen molar-refractivity contribution in [2.24, 2.45) is 5.10 Å². The Labute approximate surface area is 185 Å². The molecule has 0 saturated carbocycles. The number of rotatable bonds is 8. The fraction of sp³-hybridized carbons (Fsp3) is 0.250. The molecule has 8 nitrogen and oxygen atoms in total. The zero-order valence-electron chi connectivity index (χ0n) is 18.0. The van der Waals surface area contributed by atoms with Crippen LogP contribution >= 0.6 is 0 Å². The van der Waals surface area contributed by atoms with Gasteiger partial charge in [0.15, 0.2) is 5.65 Å². The summed E-state index contributed by atoms with van der Waals surface area (Å²) in [5.74, 6) is 0.00543. The van der Waals surface area contributed by atoms with Crippen LogP contribution in [-0.2, 0) is 0 Å². The molecule has 2 aromatic carbocycles. The number of nitrogens with zero attached hydrogens (tertiary/aromatic N) is 4. The van der Waals surface area contributed by atoms with Gasteiger partial charge in [0.05, 0.1) is 17.2 Å². The monoisotopic (exact) mass is 430 g/mol. The molecule has 4 rings (SSSR count). The molecule has 164 valence electrons. The Bertz CT molecular complexity index is 1290. The zero-order valence-corrected chi connectivity index (χ0v) is 18.0. The minimum Gasteiger partial charge on any atom is -0.508 e. The van der Waals surface area contributed by atoms with Crippen LogP contribution in [0.3, 0.4) is 0 Å². The van der Waals surface area contributed by atoms with Gasteiger partial charge >= 0.3 is 0 Å². The second-order valence-corrected chi connectivity index (χ2v) is 7.61. The van der Waals surface area contributed by atoms with Gasteiger partial charge < -0.3 is 16.2 Å². The normalized spacial score (nSPS) is 11.5. The van der Waals surface area contributed by atoms with E-state index in [2.05, 4.69) is 27.3 Å². The number of benzene rings is 2. The van der Waals surface area contributed by atoms with Crippen molar-refractivity contribution >= 4 is 40.1 Å². The zero-order chi connectivity index (χ0) is 22.5. The molecule has 0 aliphatic carbocycles. The maximum Gasteiger partial charge on any atom is 0.257 e. The first-order valence-electron chi connectivity index (χ1n) is 10.8. The number of carbonyl (C=O) groups excluding carboxylic acids is 1. The fourth-order valence-electron chi connectivity index (χ4n) is 3.56. The molecule has 0 fully saturated rings. The number of nitrogens with one attached hydrogen (secondary N) is 1. The van der Waals surface area contributed by atoms with Gasteiger partial charge in [-0.1, -0.05) is 50.5 Å². The summed E-state index contributed by atoms with van der Waals surface area (Å²) in [4.78, 5) is 22.4. The second-order valence-electron chi connectivity index (χ2n) is 7.61. The predicted molar refractivity (Wildman–Crippen MR) is 127 cm³/mol. The van der Waals surface area contributed by atoms with Crippen molar-refractivity contribution in [1.29, 1.82) is 0 Å². The smallest absolute Gasteiger partial charge is 0.257 e. The summed E-state index contributed by atoms with van der Waals surface area (Å²) in [7, 11) is 0. The van der Waals surface area contributed by atoms with E-state index in [0.717, 1.165) is 25.7 Å². The van der Waals surface area contributed by atoms with Gasteiger partial charge in [0.2, 0.25) is 0 Å². The lowest BCUT2D eigenvalue weighted by molar-refractivity contribution is 0.0955.